The van der Waals surface area contributed by atoms with Gasteiger partial charge in [0.25, 0.3) is 0 Å². The van der Waals surface area contributed by atoms with Gasteiger partial charge in [-0.15, -0.1) is 13.2 Å². The molecule has 0 saturated carbocycles. The Morgan fingerprint density at radius 2 is 1.69 bits per heavy atom. The Labute approximate surface area is 207 Å². The van der Waals surface area contributed by atoms with Crippen molar-refractivity contribution in [3.8, 4) is 5.75 Å². The van der Waals surface area contributed by atoms with Crippen LogP contribution in [0.2, 0.25) is 13.1 Å². The minimum atomic E-state index is -4.96. The van der Waals surface area contributed by atoms with Gasteiger partial charge in [0.15, 0.2) is 0 Å². The second-order valence-electron chi connectivity index (χ2n) is 11.2. The number of rotatable bonds is 6. The van der Waals surface area contributed by atoms with Crippen molar-refractivity contribution in [1.29, 1.82) is 0 Å². The Bertz CT molecular complexity index is 934. The largest absolute Gasteiger partial charge is 0.573 e. The van der Waals surface area contributed by atoms with Gasteiger partial charge in [0.05, 0.1) is 29.0 Å². The van der Waals surface area contributed by atoms with Crippen LogP contribution in [-0.4, -0.2) is 58.6 Å². The van der Waals surface area contributed by atoms with Crippen molar-refractivity contribution in [2.75, 3.05) is 11.5 Å². The maximum absolute atomic E-state index is 13.4. The molecule has 12 heteroatoms. The molecule has 2 aliphatic rings. The van der Waals surface area contributed by atoms with Crippen LogP contribution in [0.4, 0.5) is 23.7 Å². The van der Waals surface area contributed by atoms with Crippen molar-refractivity contribution in [3.63, 3.8) is 0 Å². The lowest BCUT2D eigenvalue weighted by Gasteiger charge is -2.38. The topological polar surface area (TPSA) is 66.5 Å². The van der Waals surface area contributed by atoms with Gasteiger partial charge in [-0.1, -0.05) is 26.8 Å². The van der Waals surface area contributed by atoms with Crippen LogP contribution in [0.1, 0.15) is 48.5 Å². The molecule has 3 rings (SSSR count). The smallest absolute Gasteiger partial charge is 0.447 e. The molecule has 0 bridgehead atoms. The number of amides is 1. The summed E-state index contributed by atoms with van der Waals surface area (Å²) >= 11 is 0. The Morgan fingerprint density at radius 1 is 1.11 bits per heavy atom. The molecule has 2 atom stereocenters. The molecule has 0 N–H and O–H groups in total. The molecule has 1 amide bonds. The number of carbonyl (C=O) groups excluding carboxylic acids is 1. The van der Waals surface area contributed by atoms with E-state index in [1.54, 1.807) is 33.8 Å². The standard InChI is InChI=1S/C23H34BF3NO6Si/c1-20(2,3)18(32-35(8)9)16-13-30-19(29)28(16)14-10-11-15(17(12-14)31-23(25,26)27)24-33-21(4,5)22(6,7)34-24/h10-12,16,18H,13H2,1-9H3/t16-,18?/m1/s1. The first-order chi connectivity index (χ1) is 15.8. The molecule has 195 valence electrons. The van der Waals surface area contributed by atoms with E-state index >= 15 is 0 Å². The van der Waals surface area contributed by atoms with Crippen LogP contribution in [0.5, 0.6) is 5.75 Å². The van der Waals surface area contributed by atoms with Crippen molar-refractivity contribution in [2.45, 2.75) is 91.3 Å². The molecule has 1 aromatic carbocycles. The highest BCUT2D eigenvalue weighted by Gasteiger charge is 2.53. The maximum Gasteiger partial charge on any atom is 0.573 e. The van der Waals surface area contributed by atoms with Crippen LogP contribution in [0.15, 0.2) is 18.2 Å². The maximum atomic E-state index is 13.4. The van der Waals surface area contributed by atoms with E-state index in [1.807, 2.05) is 33.9 Å². The molecule has 1 aromatic rings. The minimum absolute atomic E-state index is 0.0599. The van der Waals surface area contributed by atoms with E-state index in [2.05, 4.69) is 4.74 Å². The number of hydrogen-bond donors (Lipinski definition) is 0. The van der Waals surface area contributed by atoms with Crippen LogP contribution in [-0.2, 0) is 18.5 Å². The zero-order chi connectivity index (χ0) is 26.6. The Hall–Kier alpha value is -1.76. The minimum Gasteiger partial charge on any atom is -0.447 e. The lowest BCUT2D eigenvalue weighted by molar-refractivity contribution is -0.274. The number of halogens is 3. The first-order valence-electron chi connectivity index (χ1n) is 11.5. The summed E-state index contributed by atoms with van der Waals surface area (Å²) in [6.07, 6.45) is -6.01. The number of anilines is 1. The number of ether oxygens (including phenoxy) is 2. The second-order valence-corrected chi connectivity index (χ2v) is 13.2. The van der Waals surface area contributed by atoms with E-state index in [0.29, 0.717) is 0 Å². The van der Waals surface area contributed by atoms with Crippen LogP contribution in [0.25, 0.3) is 0 Å². The van der Waals surface area contributed by atoms with Crippen molar-refractivity contribution in [2.24, 2.45) is 5.41 Å². The zero-order valence-electron chi connectivity index (χ0n) is 21.7. The van der Waals surface area contributed by atoms with Crippen molar-refractivity contribution in [3.05, 3.63) is 18.2 Å². The second kappa shape index (κ2) is 9.28. The van der Waals surface area contributed by atoms with Gasteiger partial charge >= 0.3 is 19.6 Å². The van der Waals surface area contributed by atoms with Crippen molar-refractivity contribution >= 4 is 33.4 Å². The van der Waals surface area contributed by atoms with Gasteiger partial charge in [-0.05, 0) is 52.3 Å². The first kappa shape index (κ1) is 27.8. The molecule has 35 heavy (non-hydrogen) atoms. The summed E-state index contributed by atoms with van der Waals surface area (Å²) in [4.78, 5) is 14.1. The van der Waals surface area contributed by atoms with Gasteiger partial charge in [0, 0.05) is 11.5 Å². The van der Waals surface area contributed by atoms with Crippen LogP contribution < -0.4 is 15.1 Å². The van der Waals surface area contributed by atoms with E-state index in [0.717, 1.165) is 0 Å². The van der Waals surface area contributed by atoms with Gasteiger partial charge in [0.2, 0.25) is 9.04 Å². The molecule has 2 aliphatic heterocycles. The molecule has 1 unspecified atom stereocenters. The summed E-state index contributed by atoms with van der Waals surface area (Å²) in [6.45, 7) is 17.2. The molecule has 2 heterocycles. The fourth-order valence-corrected chi connectivity index (χ4v) is 5.11. The number of alkyl halides is 3. The third-order valence-electron chi connectivity index (χ3n) is 6.48. The quantitative estimate of drug-likeness (QED) is 0.502. The van der Waals surface area contributed by atoms with Gasteiger partial charge in [-0.3, -0.25) is 4.90 Å². The molecule has 0 aliphatic carbocycles. The Morgan fingerprint density at radius 3 is 2.17 bits per heavy atom. The molecular formula is C23H34BF3NO6Si. The summed E-state index contributed by atoms with van der Waals surface area (Å²) in [5.74, 6) is -0.504. The average Bonchev–Trinajstić information content (AvgIpc) is 3.13. The van der Waals surface area contributed by atoms with Crippen LogP contribution in [0, 0.1) is 5.41 Å². The summed E-state index contributed by atoms with van der Waals surface area (Å²) in [7, 11) is -2.23. The highest BCUT2D eigenvalue weighted by molar-refractivity contribution is 6.63. The lowest BCUT2D eigenvalue weighted by Crippen LogP contribution is -2.51. The highest BCUT2D eigenvalue weighted by Crippen LogP contribution is 2.39. The third kappa shape index (κ3) is 5.98. The predicted molar refractivity (Wildman–Crippen MR) is 128 cm³/mol. The number of carbonyl (C=O) groups is 1. The predicted octanol–water partition coefficient (Wildman–Crippen LogP) is 4.89. The SMILES string of the molecule is C[Si](C)OC([C@H]1COC(=O)N1c1ccc(B2OC(C)(C)C(C)(C)O2)c(OC(F)(F)F)c1)C(C)(C)C. The van der Waals surface area contributed by atoms with E-state index < -0.39 is 57.7 Å². The number of hydrogen-bond acceptors (Lipinski definition) is 6. The molecule has 7 nitrogen and oxygen atoms in total. The highest BCUT2D eigenvalue weighted by atomic mass is 28.3. The Kier molecular flexibility index (Phi) is 7.37. The van der Waals surface area contributed by atoms with Crippen molar-refractivity contribution in [1.82, 2.24) is 0 Å². The number of nitrogens with zero attached hydrogens (tertiary/aromatic N) is 1. The summed E-state index contributed by atoms with van der Waals surface area (Å²) in [6, 6.07) is 3.64. The van der Waals surface area contributed by atoms with Gasteiger partial charge in [-0.25, -0.2) is 4.79 Å². The molecule has 1 radical (unpaired) electrons. The zero-order valence-corrected chi connectivity index (χ0v) is 22.7. The fraction of sp³-hybridized carbons (Fsp3) is 0.696. The molecule has 0 spiro atoms. The summed E-state index contributed by atoms with van der Waals surface area (Å²) < 4.78 is 68.0. The number of cyclic esters (lactones) is 1. The van der Waals surface area contributed by atoms with Crippen molar-refractivity contribution < 1.29 is 41.2 Å². The first-order valence-corrected chi connectivity index (χ1v) is 13.9. The van der Waals surface area contributed by atoms with E-state index in [4.69, 9.17) is 18.5 Å². The molecule has 2 saturated heterocycles. The fourth-order valence-electron chi connectivity index (χ4n) is 4.09. The lowest BCUT2D eigenvalue weighted by atomic mass is 9.78. The summed E-state index contributed by atoms with van der Waals surface area (Å²) in [5, 5.41) is 0. The Balaban J connectivity index is 2.04. The normalized spacial score (nSPS) is 23.1. The van der Waals surface area contributed by atoms with Gasteiger partial charge in [-0.2, -0.15) is 0 Å². The molecule has 0 aromatic heterocycles. The van der Waals surface area contributed by atoms with Gasteiger partial charge in [0.1, 0.15) is 12.4 Å². The molecule has 2 fully saturated rings. The monoisotopic (exact) mass is 516 g/mol. The van der Waals surface area contributed by atoms with E-state index in [-0.39, 0.29) is 23.2 Å². The van der Waals surface area contributed by atoms with Crippen LogP contribution >= 0.6 is 0 Å². The van der Waals surface area contributed by atoms with E-state index in [1.165, 1.54) is 17.0 Å². The van der Waals surface area contributed by atoms with E-state index in [9.17, 15) is 18.0 Å². The average molecular weight is 516 g/mol. The van der Waals surface area contributed by atoms with Crippen LogP contribution in [0.3, 0.4) is 0 Å². The summed E-state index contributed by atoms with van der Waals surface area (Å²) in [5.41, 5.74) is -1.59. The third-order valence-corrected chi connectivity index (χ3v) is 7.21. The van der Waals surface area contributed by atoms with Gasteiger partial charge < -0.3 is 23.2 Å². The number of benzene rings is 1. The molecular weight excluding hydrogens is 482 g/mol.